The number of aryl methyl sites for hydroxylation is 1. The second kappa shape index (κ2) is 11.8. The summed E-state index contributed by atoms with van der Waals surface area (Å²) < 4.78 is 27.5. The van der Waals surface area contributed by atoms with Crippen LogP contribution in [0.2, 0.25) is 0 Å². The zero-order chi connectivity index (χ0) is 15.8. The van der Waals surface area contributed by atoms with Crippen LogP contribution < -0.4 is 10.0 Å². The first-order valence-corrected chi connectivity index (χ1v) is 10.0. The lowest BCUT2D eigenvalue weighted by atomic mass is 10.0. The number of piperidine rings is 1. The van der Waals surface area contributed by atoms with E-state index in [0.717, 1.165) is 45.1 Å². The largest absolute Gasteiger partial charge is 0.313 e. The van der Waals surface area contributed by atoms with Gasteiger partial charge in [0.1, 0.15) is 0 Å². The molecule has 0 aromatic heterocycles. The van der Waals surface area contributed by atoms with Crippen molar-refractivity contribution < 1.29 is 13.1 Å². The third-order valence-electron chi connectivity index (χ3n) is 4.30. The van der Waals surface area contributed by atoms with E-state index in [1.807, 2.05) is 25.1 Å². The first-order valence-electron chi connectivity index (χ1n) is 8.36. The summed E-state index contributed by atoms with van der Waals surface area (Å²) in [6, 6.07) is 10.4. The molecular formula is C17H30ClFN2O2S. The van der Waals surface area contributed by atoms with Crippen LogP contribution in [-0.2, 0) is 16.4 Å². The summed E-state index contributed by atoms with van der Waals surface area (Å²) in [5, 5.41) is 3.31. The maximum absolute atomic E-state index is 12.3. The van der Waals surface area contributed by atoms with Crippen LogP contribution in [0.25, 0.3) is 0 Å². The number of rotatable bonds is 8. The molecule has 0 bridgehead atoms. The predicted molar refractivity (Wildman–Crippen MR) is 101 cm³/mol. The molecular weight excluding hydrogens is 351 g/mol. The van der Waals surface area contributed by atoms with Gasteiger partial charge in [-0.05, 0) is 44.2 Å². The predicted octanol–water partition coefficient (Wildman–Crippen LogP) is 3.03. The van der Waals surface area contributed by atoms with E-state index in [4.69, 9.17) is 0 Å². The van der Waals surface area contributed by atoms with Crippen LogP contribution in [0, 0.1) is 0 Å². The normalized spacial score (nSPS) is 19.0. The Labute approximate surface area is 151 Å². The van der Waals surface area contributed by atoms with Gasteiger partial charge in [0, 0.05) is 12.1 Å². The minimum Gasteiger partial charge on any atom is -0.313 e. The van der Waals surface area contributed by atoms with Gasteiger partial charge in [-0.3, -0.25) is 4.70 Å². The Bertz CT molecular complexity index is 537. The molecule has 1 fully saturated rings. The van der Waals surface area contributed by atoms with Crippen molar-refractivity contribution in [3.05, 3.63) is 35.9 Å². The minimum atomic E-state index is -3.21. The number of halogens is 2. The second-order valence-electron chi connectivity index (χ2n) is 6.18. The highest BCUT2D eigenvalue weighted by molar-refractivity contribution is 7.89. The summed E-state index contributed by atoms with van der Waals surface area (Å²) in [5.74, 6) is 0.203. The Hall–Kier alpha value is -0.690. The molecule has 1 saturated heterocycles. The second-order valence-corrected chi connectivity index (χ2v) is 7.97. The number of hydrogen-bond acceptors (Lipinski definition) is 3. The van der Waals surface area contributed by atoms with E-state index >= 15 is 0 Å². The molecule has 1 aromatic rings. The zero-order valence-electron chi connectivity index (χ0n) is 14.2. The van der Waals surface area contributed by atoms with E-state index in [2.05, 4.69) is 22.2 Å². The molecule has 1 aliphatic heterocycles. The van der Waals surface area contributed by atoms with Crippen molar-refractivity contribution in [2.24, 2.45) is 0 Å². The van der Waals surface area contributed by atoms with Gasteiger partial charge in [-0.1, -0.05) is 43.7 Å². The zero-order valence-corrected chi connectivity index (χ0v) is 15.9. The number of nitrogens with one attached hydrogen (secondary N) is 2. The van der Waals surface area contributed by atoms with Crippen molar-refractivity contribution in [3.8, 4) is 0 Å². The van der Waals surface area contributed by atoms with Crippen molar-refractivity contribution in [2.45, 2.75) is 57.5 Å². The molecule has 1 aliphatic rings. The maximum atomic E-state index is 12.3. The molecule has 0 amide bonds. The van der Waals surface area contributed by atoms with Crippen LogP contribution in [-0.4, -0.2) is 32.8 Å². The highest BCUT2D eigenvalue weighted by Crippen LogP contribution is 2.11. The Morgan fingerprint density at radius 2 is 1.96 bits per heavy atom. The molecule has 1 aromatic carbocycles. The smallest absolute Gasteiger partial charge is 0.213 e. The van der Waals surface area contributed by atoms with E-state index in [9.17, 15) is 8.42 Å². The van der Waals surface area contributed by atoms with Crippen molar-refractivity contribution >= 4 is 22.4 Å². The summed E-state index contributed by atoms with van der Waals surface area (Å²) >= 11 is 0. The SMILES string of the molecule is CCC(CCc1ccccc1)NS(=O)(=O)CC1CCCCN1.Cl.F. The van der Waals surface area contributed by atoms with Crippen molar-refractivity contribution in [1.29, 1.82) is 0 Å². The van der Waals surface area contributed by atoms with Gasteiger partial charge in [-0.25, -0.2) is 13.1 Å². The lowest BCUT2D eigenvalue weighted by Gasteiger charge is -2.25. The van der Waals surface area contributed by atoms with Crippen LogP contribution in [0.3, 0.4) is 0 Å². The van der Waals surface area contributed by atoms with Gasteiger partial charge in [0.25, 0.3) is 0 Å². The molecule has 0 aliphatic carbocycles. The molecule has 0 spiro atoms. The Morgan fingerprint density at radius 1 is 1.25 bits per heavy atom. The first-order chi connectivity index (χ1) is 10.6. The molecule has 2 unspecified atom stereocenters. The molecule has 0 radical (unpaired) electrons. The molecule has 24 heavy (non-hydrogen) atoms. The van der Waals surface area contributed by atoms with Crippen molar-refractivity contribution in [1.82, 2.24) is 10.0 Å². The van der Waals surface area contributed by atoms with Gasteiger partial charge in [-0.15, -0.1) is 12.4 Å². The van der Waals surface area contributed by atoms with E-state index in [1.54, 1.807) is 0 Å². The van der Waals surface area contributed by atoms with Gasteiger partial charge in [0.15, 0.2) is 0 Å². The summed E-state index contributed by atoms with van der Waals surface area (Å²) in [4.78, 5) is 0. The summed E-state index contributed by atoms with van der Waals surface area (Å²) in [6.45, 7) is 2.97. The molecule has 140 valence electrons. The summed E-state index contributed by atoms with van der Waals surface area (Å²) in [6.07, 6.45) is 5.81. The molecule has 0 saturated carbocycles. The third-order valence-corrected chi connectivity index (χ3v) is 5.83. The monoisotopic (exact) mass is 380 g/mol. The summed E-state index contributed by atoms with van der Waals surface area (Å²) in [5.41, 5.74) is 1.26. The molecule has 2 rings (SSSR count). The Kier molecular flexibility index (Phi) is 11.5. The molecule has 2 N–H and O–H groups in total. The molecule has 2 atom stereocenters. The minimum absolute atomic E-state index is 0. The topological polar surface area (TPSA) is 58.2 Å². The molecule has 4 nitrogen and oxygen atoms in total. The fourth-order valence-corrected chi connectivity index (χ4v) is 4.67. The van der Waals surface area contributed by atoms with Crippen molar-refractivity contribution in [2.75, 3.05) is 12.3 Å². The van der Waals surface area contributed by atoms with Gasteiger partial charge in [0.2, 0.25) is 10.0 Å². The number of sulfonamides is 1. The summed E-state index contributed by atoms with van der Waals surface area (Å²) in [7, 11) is -3.21. The quantitative estimate of drug-likeness (QED) is 0.728. The number of benzene rings is 1. The fraction of sp³-hybridized carbons (Fsp3) is 0.647. The average molecular weight is 381 g/mol. The lowest BCUT2D eigenvalue weighted by molar-refractivity contribution is 0.420. The first kappa shape index (κ1) is 23.3. The van der Waals surface area contributed by atoms with E-state index in [-0.39, 0.29) is 34.9 Å². The fourth-order valence-electron chi connectivity index (χ4n) is 2.97. The van der Waals surface area contributed by atoms with Crippen LogP contribution in [0.5, 0.6) is 0 Å². The van der Waals surface area contributed by atoms with Gasteiger partial charge < -0.3 is 5.32 Å². The highest BCUT2D eigenvalue weighted by Gasteiger charge is 2.23. The molecule has 1 heterocycles. The van der Waals surface area contributed by atoms with E-state index < -0.39 is 10.0 Å². The average Bonchev–Trinajstić information content (AvgIpc) is 2.53. The van der Waals surface area contributed by atoms with Crippen LogP contribution in [0.15, 0.2) is 30.3 Å². The van der Waals surface area contributed by atoms with Gasteiger partial charge in [-0.2, -0.15) is 0 Å². The molecule has 7 heteroatoms. The van der Waals surface area contributed by atoms with Crippen LogP contribution in [0.1, 0.15) is 44.6 Å². The van der Waals surface area contributed by atoms with E-state index in [1.165, 1.54) is 5.56 Å². The van der Waals surface area contributed by atoms with Crippen LogP contribution in [0.4, 0.5) is 4.70 Å². The standard InChI is InChI=1S/C17H28N2O2S.ClH.FH/c1-2-16(12-11-15-8-4-3-5-9-15)19-22(20,21)14-17-10-6-7-13-18-17;;/h3-5,8-9,16-19H,2,6-7,10-14H2,1H3;2*1H. The lowest BCUT2D eigenvalue weighted by Crippen LogP contribution is -2.45. The third kappa shape index (κ3) is 8.42. The highest BCUT2D eigenvalue weighted by atomic mass is 35.5. The van der Waals surface area contributed by atoms with Gasteiger partial charge >= 0.3 is 0 Å². The van der Waals surface area contributed by atoms with Gasteiger partial charge in [0.05, 0.1) is 5.75 Å². The van der Waals surface area contributed by atoms with Crippen LogP contribution >= 0.6 is 12.4 Å². The maximum Gasteiger partial charge on any atom is 0.213 e. The van der Waals surface area contributed by atoms with E-state index in [0.29, 0.717) is 0 Å². The number of hydrogen-bond donors (Lipinski definition) is 2. The Balaban J connectivity index is 0.00000264. The Morgan fingerprint density at radius 3 is 2.54 bits per heavy atom. The van der Waals surface area contributed by atoms with Crippen molar-refractivity contribution in [3.63, 3.8) is 0 Å².